The van der Waals surface area contributed by atoms with E-state index in [4.69, 9.17) is 0 Å². The molecule has 0 unspecified atom stereocenters. The second-order valence-electron chi connectivity index (χ2n) is 5.07. The molecular formula is C17H17N3OS2. The van der Waals surface area contributed by atoms with Crippen molar-refractivity contribution in [2.75, 3.05) is 0 Å². The Balaban J connectivity index is 1.79. The molecule has 3 rings (SSSR count). The van der Waals surface area contributed by atoms with Crippen LogP contribution >= 0.6 is 23.1 Å². The lowest BCUT2D eigenvalue weighted by Gasteiger charge is -2.15. The lowest BCUT2D eigenvalue weighted by Crippen LogP contribution is -2.31. The maximum absolute atomic E-state index is 12.5. The largest absolute Gasteiger partial charge is 0.284 e. The minimum absolute atomic E-state index is 0.0607. The van der Waals surface area contributed by atoms with E-state index >= 15 is 0 Å². The summed E-state index contributed by atoms with van der Waals surface area (Å²) in [7, 11) is 0. The molecule has 23 heavy (non-hydrogen) atoms. The molecule has 1 fully saturated rings. The maximum Gasteiger partial charge on any atom is 0.242 e. The normalized spacial score (nSPS) is 20.0. The number of thioether (sulfide) groups is 1. The molecule has 0 N–H and O–H groups in total. The summed E-state index contributed by atoms with van der Waals surface area (Å²) in [6.07, 6.45) is 2.52. The number of hydrogen-bond acceptors (Lipinski definition) is 5. The van der Waals surface area contributed by atoms with Gasteiger partial charge in [-0.3, -0.25) is 9.69 Å². The Hall–Kier alpha value is -1.92. The molecule has 1 aromatic heterocycles. The average molecular weight is 343 g/mol. The van der Waals surface area contributed by atoms with E-state index in [0.29, 0.717) is 11.7 Å². The predicted molar refractivity (Wildman–Crippen MR) is 98.0 cm³/mol. The molecule has 2 heterocycles. The van der Waals surface area contributed by atoms with Crippen LogP contribution < -0.4 is 0 Å². The van der Waals surface area contributed by atoms with E-state index in [1.54, 1.807) is 22.5 Å². The van der Waals surface area contributed by atoms with Crippen molar-refractivity contribution in [1.82, 2.24) is 4.90 Å². The molecule has 118 valence electrons. The van der Waals surface area contributed by atoms with Crippen molar-refractivity contribution in [3.05, 3.63) is 58.3 Å². The molecule has 0 aliphatic carbocycles. The lowest BCUT2D eigenvalue weighted by molar-refractivity contribution is -0.126. The van der Waals surface area contributed by atoms with Gasteiger partial charge in [0, 0.05) is 4.88 Å². The van der Waals surface area contributed by atoms with Crippen LogP contribution in [0.5, 0.6) is 0 Å². The standard InChI is InChI=1S/C17H17N3OS2/c1-2-15-16(21)20(12-13-7-4-3-5-8-13)17(23-15)19-18-11-14-9-6-10-22-14/h3-11,15H,2,12H2,1H3/b18-11-,19-17+/t15-/m1/s1. The molecule has 1 atom stereocenters. The van der Waals surface area contributed by atoms with Crippen LogP contribution in [0.15, 0.2) is 58.0 Å². The zero-order chi connectivity index (χ0) is 16.1. The number of carbonyl (C=O) groups excluding carboxylic acids is 1. The third-order valence-corrected chi connectivity index (χ3v) is 5.58. The molecular weight excluding hydrogens is 326 g/mol. The zero-order valence-corrected chi connectivity index (χ0v) is 14.4. The number of rotatable bonds is 5. The lowest BCUT2D eigenvalue weighted by atomic mass is 10.2. The van der Waals surface area contributed by atoms with Crippen LogP contribution in [0.3, 0.4) is 0 Å². The number of carbonyl (C=O) groups is 1. The summed E-state index contributed by atoms with van der Waals surface area (Å²) in [6.45, 7) is 2.56. The highest BCUT2D eigenvalue weighted by Gasteiger charge is 2.36. The fourth-order valence-electron chi connectivity index (χ4n) is 2.26. The van der Waals surface area contributed by atoms with E-state index in [1.165, 1.54) is 11.8 Å². The Morgan fingerprint density at radius 2 is 2.04 bits per heavy atom. The molecule has 1 saturated heterocycles. The SMILES string of the molecule is CC[C@H]1S/C(=N/N=C\c2cccs2)N(Cc2ccccc2)C1=O. The Labute approximate surface area is 143 Å². The number of amides is 1. The zero-order valence-electron chi connectivity index (χ0n) is 12.8. The van der Waals surface area contributed by atoms with Gasteiger partial charge in [0.25, 0.3) is 0 Å². The van der Waals surface area contributed by atoms with Crippen molar-refractivity contribution in [3.8, 4) is 0 Å². The predicted octanol–water partition coefficient (Wildman–Crippen LogP) is 3.99. The molecule has 4 nitrogen and oxygen atoms in total. The number of benzene rings is 1. The first-order valence-corrected chi connectivity index (χ1v) is 9.20. The molecule has 0 spiro atoms. The smallest absolute Gasteiger partial charge is 0.242 e. The van der Waals surface area contributed by atoms with Gasteiger partial charge in [-0.2, -0.15) is 5.10 Å². The van der Waals surface area contributed by atoms with Gasteiger partial charge < -0.3 is 0 Å². The van der Waals surface area contributed by atoms with Crippen LogP contribution in [0.25, 0.3) is 0 Å². The molecule has 2 aromatic rings. The van der Waals surface area contributed by atoms with Gasteiger partial charge in [-0.1, -0.05) is 55.1 Å². The third kappa shape index (κ3) is 3.89. The molecule has 0 saturated carbocycles. The Kier molecular flexibility index (Phi) is 5.25. The van der Waals surface area contributed by atoms with Crippen LogP contribution in [0.1, 0.15) is 23.8 Å². The highest BCUT2D eigenvalue weighted by molar-refractivity contribution is 8.15. The van der Waals surface area contributed by atoms with Gasteiger partial charge in [0.05, 0.1) is 18.0 Å². The highest BCUT2D eigenvalue weighted by atomic mass is 32.2. The van der Waals surface area contributed by atoms with Gasteiger partial charge in [0.2, 0.25) is 5.91 Å². The summed E-state index contributed by atoms with van der Waals surface area (Å²) >= 11 is 3.11. The minimum atomic E-state index is -0.0607. The molecule has 1 aliphatic rings. The van der Waals surface area contributed by atoms with Gasteiger partial charge in [-0.05, 0) is 23.4 Å². The van der Waals surface area contributed by atoms with Crippen LogP contribution in [0.4, 0.5) is 0 Å². The molecule has 1 aromatic carbocycles. The molecule has 0 radical (unpaired) electrons. The Bertz CT molecular complexity index is 711. The Morgan fingerprint density at radius 3 is 2.74 bits per heavy atom. The van der Waals surface area contributed by atoms with Gasteiger partial charge in [0.1, 0.15) is 0 Å². The average Bonchev–Trinajstić information content (AvgIpc) is 3.19. The monoisotopic (exact) mass is 343 g/mol. The summed E-state index contributed by atoms with van der Waals surface area (Å²) in [4.78, 5) is 15.3. The molecule has 6 heteroatoms. The summed E-state index contributed by atoms with van der Waals surface area (Å²) in [5.41, 5.74) is 1.09. The van der Waals surface area contributed by atoms with Crippen molar-refractivity contribution in [2.24, 2.45) is 10.2 Å². The summed E-state index contributed by atoms with van der Waals surface area (Å²) in [6, 6.07) is 13.9. The third-order valence-electron chi connectivity index (χ3n) is 3.45. The van der Waals surface area contributed by atoms with Crippen LogP contribution in [0, 0.1) is 0 Å². The van der Waals surface area contributed by atoms with E-state index in [-0.39, 0.29) is 11.2 Å². The van der Waals surface area contributed by atoms with E-state index in [1.807, 2.05) is 54.8 Å². The number of nitrogens with zero attached hydrogens (tertiary/aromatic N) is 3. The van der Waals surface area contributed by atoms with Gasteiger partial charge in [-0.25, -0.2) is 0 Å². The maximum atomic E-state index is 12.5. The summed E-state index contributed by atoms with van der Waals surface area (Å²) in [5, 5.41) is 11.1. The number of amidine groups is 1. The first kappa shape index (κ1) is 16.0. The van der Waals surface area contributed by atoms with Crippen molar-refractivity contribution >= 4 is 40.4 Å². The van der Waals surface area contributed by atoms with E-state index < -0.39 is 0 Å². The molecule has 0 bridgehead atoms. The first-order chi connectivity index (χ1) is 11.3. The van der Waals surface area contributed by atoms with Crippen molar-refractivity contribution in [2.45, 2.75) is 25.1 Å². The number of hydrogen-bond donors (Lipinski definition) is 0. The van der Waals surface area contributed by atoms with Crippen molar-refractivity contribution in [1.29, 1.82) is 0 Å². The minimum Gasteiger partial charge on any atom is -0.284 e. The summed E-state index contributed by atoms with van der Waals surface area (Å²) in [5.74, 6) is 0.117. The second kappa shape index (κ2) is 7.57. The van der Waals surface area contributed by atoms with E-state index in [9.17, 15) is 4.79 Å². The quantitative estimate of drug-likeness (QED) is 0.608. The highest BCUT2D eigenvalue weighted by Crippen LogP contribution is 2.30. The van der Waals surface area contributed by atoms with Crippen LogP contribution in [0.2, 0.25) is 0 Å². The van der Waals surface area contributed by atoms with Crippen molar-refractivity contribution in [3.63, 3.8) is 0 Å². The Morgan fingerprint density at radius 1 is 1.22 bits per heavy atom. The first-order valence-electron chi connectivity index (χ1n) is 7.44. The molecule has 1 amide bonds. The number of thiophene rings is 1. The fourth-order valence-corrected chi connectivity index (χ4v) is 3.86. The van der Waals surface area contributed by atoms with Crippen LogP contribution in [-0.2, 0) is 11.3 Å². The van der Waals surface area contributed by atoms with E-state index in [0.717, 1.165) is 16.9 Å². The second-order valence-corrected chi connectivity index (χ2v) is 7.22. The van der Waals surface area contributed by atoms with Crippen molar-refractivity contribution < 1.29 is 4.79 Å². The van der Waals surface area contributed by atoms with Gasteiger partial charge in [-0.15, -0.1) is 16.4 Å². The van der Waals surface area contributed by atoms with E-state index in [2.05, 4.69) is 10.2 Å². The molecule has 1 aliphatic heterocycles. The van der Waals surface area contributed by atoms with Crippen LogP contribution in [-0.4, -0.2) is 27.4 Å². The fraction of sp³-hybridized carbons (Fsp3) is 0.235. The van der Waals surface area contributed by atoms with Gasteiger partial charge >= 0.3 is 0 Å². The van der Waals surface area contributed by atoms with Gasteiger partial charge in [0.15, 0.2) is 5.17 Å². The summed E-state index contributed by atoms with van der Waals surface area (Å²) < 4.78 is 0. The topological polar surface area (TPSA) is 45.0 Å².